The second-order valence-corrected chi connectivity index (χ2v) is 7.22. The molecule has 0 aliphatic carbocycles. The van der Waals surface area contributed by atoms with Gasteiger partial charge in [0.05, 0.1) is 22.6 Å². The smallest absolute Gasteiger partial charge is 0.265 e. The van der Waals surface area contributed by atoms with Gasteiger partial charge in [-0.2, -0.15) is 0 Å². The number of carbonyl (C=O) groups excluding carboxylic acids is 1. The third kappa shape index (κ3) is 3.94. The summed E-state index contributed by atoms with van der Waals surface area (Å²) in [5.74, 6) is -1.28. The second kappa shape index (κ2) is 8.10. The van der Waals surface area contributed by atoms with Crippen LogP contribution in [0.25, 0.3) is 16.6 Å². The fraction of sp³-hybridized carbons (Fsp3) is 0.125. The molecular weight excluding hydrogens is 400 g/mol. The van der Waals surface area contributed by atoms with E-state index >= 15 is 0 Å². The second-order valence-electron chi connectivity index (χ2n) is 7.22. The lowest BCUT2D eigenvalue weighted by Gasteiger charge is -2.16. The van der Waals surface area contributed by atoms with Crippen molar-refractivity contribution in [1.82, 2.24) is 14.9 Å². The molecule has 0 spiro atoms. The predicted octanol–water partition coefficient (Wildman–Crippen LogP) is 4.46. The molecule has 1 aromatic heterocycles. The monoisotopic (exact) mass is 419 g/mol. The molecule has 0 radical (unpaired) electrons. The van der Waals surface area contributed by atoms with Gasteiger partial charge in [-0.3, -0.25) is 14.2 Å². The highest BCUT2D eigenvalue weighted by Gasteiger charge is 2.16. The van der Waals surface area contributed by atoms with Crippen LogP contribution in [0.1, 0.15) is 34.7 Å². The van der Waals surface area contributed by atoms with Gasteiger partial charge in [0.25, 0.3) is 11.5 Å². The Morgan fingerprint density at radius 2 is 1.74 bits per heavy atom. The fourth-order valence-electron chi connectivity index (χ4n) is 3.52. The van der Waals surface area contributed by atoms with Crippen molar-refractivity contribution in [3.63, 3.8) is 0 Å². The number of rotatable bonds is 4. The first-order chi connectivity index (χ1) is 14.8. The van der Waals surface area contributed by atoms with Crippen LogP contribution in [0.5, 0.6) is 0 Å². The highest BCUT2D eigenvalue weighted by atomic mass is 19.1. The molecule has 1 heterocycles. The molecule has 1 atom stereocenters. The molecule has 7 heteroatoms. The van der Waals surface area contributed by atoms with Crippen LogP contribution in [-0.4, -0.2) is 15.5 Å². The Morgan fingerprint density at radius 3 is 2.45 bits per heavy atom. The molecule has 4 aromatic rings. The van der Waals surface area contributed by atoms with E-state index in [1.807, 2.05) is 6.07 Å². The van der Waals surface area contributed by atoms with Crippen LogP contribution >= 0.6 is 0 Å². The molecule has 1 amide bonds. The Labute approximate surface area is 177 Å². The van der Waals surface area contributed by atoms with Crippen LogP contribution in [0.2, 0.25) is 0 Å². The van der Waals surface area contributed by atoms with Crippen LogP contribution in [0, 0.1) is 18.6 Å². The van der Waals surface area contributed by atoms with Crippen molar-refractivity contribution in [2.24, 2.45) is 0 Å². The van der Waals surface area contributed by atoms with E-state index in [1.165, 1.54) is 10.6 Å². The SMILES string of the molecule is Cc1nc2ccccc2c(=O)n1-c1ccc(C(=O)NC(C)c2ccc(F)cc2F)cc1. The van der Waals surface area contributed by atoms with E-state index in [4.69, 9.17) is 0 Å². The van der Waals surface area contributed by atoms with Gasteiger partial charge in [-0.1, -0.05) is 18.2 Å². The summed E-state index contributed by atoms with van der Waals surface area (Å²) >= 11 is 0. The van der Waals surface area contributed by atoms with Crippen molar-refractivity contribution >= 4 is 16.8 Å². The predicted molar refractivity (Wildman–Crippen MR) is 114 cm³/mol. The van der Waals surface area contributed by atoms with Gasteiger partial charge in [0, 0.05) is 17.2 Å². The lowest BCUT2D eigenvalue weighted by molar-refractivity contribution is 0.0939. The van der Waals surface area contributed by atoms with Crippen LogP contribution < -0.4 is 10.9 Å². The van der Waals surface area contributed by atoms with E-state index in [0.29, 0.717) is 28.0 Å². The number of carbonyl (C=O) groups is 1. The quantitative estimate of drug-likeness (QED) is 0.531. The Hall–Kier alpha value is -3.87. The number of hydrogen-bond acceptors (Lipinski definition) is 3. The van der Waals surface area contributed by atoms with Crippen LogP contribution in [-0.2, 0) is 0 Å². The highest BCUT2D eigenvalue weighted by Crippen LogP contribution is 2.19. The number of nitrogens with one attached hydrogen (secondary N) is 1. The molecule has 1 unspecified atom stereocenters. The number of amides is 1. The maximum Gasteiger partial charge on any atom is 0.265 e. The first-order valence-corrected chi connectivity index (χ1v) is 9.70. The van der Waals surface area contributed by atoms with Gasteiger partial charge < -0.3 is 5.32 Å². The highest BCUT2D eigenvalue weighted by molar-refractivity contribution is 5.94. The van der Waals surface area contributed by atoms with Crippen molar-refractivity contribution in [2.45, 2.75) is 19.9 Å². The van der Waals surface area contributed by atoms with Gasteiger partial charge in [-0.15, -0.1) is 0 Å². The number of hydrogen-bond donors (Lipinski definition) is 1. The molecule has 5 nitrogen and oxygen atoms in total. The minimum absolute atomic E-state index is 0.191. The first-order valence-electron chi connectivity index (χ1n) is 9.70. The van der Waals surface area contributed by atoms with Gasteiger partial charge in [0.2, 0.25) is 0 Å². The summed E-state index contributed by atoms with van der Waals surface area (Å²) in [7, 11) is 0. The Bertz CT molecular complexity index is 1350. The van der Waals surface area contributed by atoms with Crippen molar-refractivity contribution in [3.05, 3.63) is 106 Å². The average molecular weight is 419 g/mol. The number of aryl methyl sites for hydroxylation is 1. The zero-order chi connectivity index (χ0) is 22.1. The van der Waals surface area contributed by atoms with Crippen molar-refractivity contribution in [2.75, 3.05) is 0 Å². The van der Waals surface area contributed by atoms with E-state index in [-0.39, 0.29) is 11.1 Å². The molecule has 31 heavy (non-hydrogen) atoms. The molecule has 156 valence electrons. The molecule has 0 bridgehead atoms. The maximum atomic E-state index is 14.0. The van der Waals surface area contributed by atoms with Gasteiger partial charge >= 0.3 is 0 Å². The summed E-state index contributed by atoms with van der Waals surface area (Å²) in [5, 5.41) is 3.20. The normalized spacial score (nSPS) is 12.0. The minimum Gasteiger partial charge on any atom is -0.345 e. The molecule has 1 N–H and O–H groups in total. The lowest BCUT2D eigenvalue weighted by Crippen LogP contribution is -2.27. The van der Waals surface area contributed by atoms with Gasteiger partial charge in [0.1, 0.15) is 17.5 Å². The number of halogens is 2. The van der Waals surface area contributed by atoms with Crippen LogP contribution in [0.3, 0.4) is 0 Å². The van der Waals surface area contributed by atoms with E-state index in [9.17, 15) is 18.4 Å². The summed E-state index contributed by atoms with van der Waals surface area (Å²) in [4.78, 5) is 30.0. The number of fused-ring (bicyclic) bond motifs is 1. The van der Waals surface area contributed by atoms with E-state index < -0.39 is 23.6 Å². The molecule has 0 aliphatic heterocycles. The third-order valence-electron chi connectivity index (χ3n) is 5.11. The Morgan fingerprint density at radius 1 is 1.03 bits per heavy atom. The van der Waals surface area contributed by atoms with E-state index in [2.05, 4.69) is 10.3 Å². The summed E-state index contributed by atoms with van der Waals surface area (Å²) in [6.45, 7) is 3.36. The topological polar surface area (TPSA) is 64.0 Å². The van der Waals surface area contributed by atoms with Crippen LogP contribution in [0.15, 0.2) is 71.5 Å². The first kappa shape index (κ1) is 20.4. The average Bonchev–Trinajstić information content (AvgIpc) is 2.74. The Balaban J connectivity index is 1.59. The van der Waals surface area contributed by atoms with Crippen molar-refractivity contribution < 1.29 is 13.6 Å². The summed E-state index contributed by atoms with van der Waals surface area (Å²) in [6, 6.07) is 16.2. The van der Waals surface area contributed by atoms with Crippen LogP contribution in [0.4, 0.5) is 8.78 Å². The number of benzene rings is 3. The summed E-state index contributed by atoms with van der Waals surface area (Å²) in [5.41, 5.74) is 1.54. The van der Waals surface area contributed by atoms with Crippen molar-refractivity contribution in [1.29, 1.82) is 0 Å². The molecule has 0 fully saturated rings. The van der Waals surface area contributed by atoms with E-state index in [1.54, 1.807) is 56.3 Å². The zero-order valence-electron chi connectivity index (χ0n) is 16.9. The fourth-order valence-corrected chi connectivity index (χ4v) is 3.52. The largest absolute Gasteiger partial charge is 0.345 e. The summed E-state index contributed by atoms with van der Waals surface area (Å²) < 4.78 is 28.5. The number of aromatic nitrogens is 2. The van der Waals surface area contributed by atoms with Crippen molar-refractivity contribution in [3.8, 4) is 5.69 Å². The molecule has 4 rings (SSSR count). The minimum atomic E-state index is -0.721. The van der Waals surface area contributed by atoms with Gasteiger partial charge in [-0.05, 0) is 56.3 Å². The lowest BCUT2D eigenvalue weighted by atomic mass is 10.1. The molecule has 3 aromatic carbocycles. The third-order valence-corrected chi connectivity index (χ3v) is 5.11. The molecule has 0 aliphatic rings. The Kier molecular flexibility index (Phi) is 5.33. The van der Waals surface area contributed by atoms with Gasteiger partial charge in [-0.25, -0.2) is 13.8 Å². The zero-order valence-corrected chi connectivity index (χ0v) is 16.9. The number of nitrogens with zero attached hydrogens (tertiary/aromatic N) is 2. The van der Waals surface area contributed by atoms with E-state index in [0.717, 1.165) is 12.1 Å². The summed E-state index contributed by atoms with van der Waals surface area (Å²) in [6.07, 6.45) is 0. The molecule has 0 saturated heterocycles. The van der Waals surface area contributed by atoms with Gasteiger partial charge in [0.15, 0.2) is 0 Å². The molecule has 0 saturated carbocycles. The standard InChI is InChI=1S/C24H19F2N3O2/c1-14(19-12-9-17(25)13-21(19)26)27-23(30)16-7-10-18(11-8-16)29-15(2)28-22-6-4-3-5-20(22)24(29)31/h3-14H,1-2H3,(H,27,30). The maximum absolute atomic E-state index is 14.0. The molecular formula is C24H19F2N3O2. The number of para-hydroxylation sites is 1.